The summed E-state index contributed by atoms with van der Waals surface area (Å²) in [6.07, 6.45) is 1.71. The van der Waals surface area contributed by atoms with E-state index in [1.165, 1.54) is 16.8 Å². The van der Waals surface area contributed by atoms with Crippen molar-refractivity contribution in [3.05, 3.63) is 82.2 Å². The van der Waals surface area contributed by atoms with Crippen molar-refractivity contribution < 1.29 is 14.3 Å². The number of hydrogen-bond donors (Lipinski definition) is 1. The lowest BCUT2D eigenvalue weighted by molar-refractivity contribution is -0.114. The Morgan fingerprint density at radius 2 is 1.83 bits per heavy atom. The van der Waals surface area contributed by atoms with Crippen molar-refractivity contribution in [1.82, 2.24) is 9.58 Å². The smallest absolute Gasteiger partial charge is 0.283 e. The number of aryl methyl sites for hydroxylation is 2. The minimum absolute atomic E-state index is 0.00647. The molecule has 8 nitrogen and oxygen atoms in total. The van der Waals surface area contributed by atoms with Gasteiger partial charge in [-0.1, -0.05) is 23.8 Å². The monoisotopic (exact) mass is 499 g/mol. The number of hydrogen-bond acceptors (Lipinski definition) is 6. The molecule has 0 fully saturated rings. The molecule has 0 atom stereocenters. The molecule has 0 radical (unpaired) electrons. The molecule has 36 heavy (non-hydrogen) atoms. The van der Waals surface area contributed by atoms with Gasteiger partial charge in [-0.2, -0.15) is 15.1 Å². The van der Waals surface area contributed by atoms with E-state index in [-0.39, 0.29) is 11.4 Å². The van der Waals surface area contributed by atoms with Crippen molar-refractivity contribution in [3.8, 4) is 17.2 Å². The van der Waals surface area contributed by atoms with E-state index in [1.54, 1.807) is 20.3 Å². The number of fused-ring (bicyclic) bond motifs is 1. The molecule has 0 saturated heterocycles. The second-order valence-corrected chi connectivity index (χ2v) is 9.45. The van der Waals surface area contributed by atoms with Gasteiger partial charge in [-0.25, -0.2) is 0 Å². The lowest BCUT2D eigenvalue weighted by atomic mass is 10.1. The van der Waals surface area contributed by atoms with E-state index in [4.69, 9.17) is 14.9 Å². The molecule has 182 valence electrons. The van der Waals surface area contributed by atoms with Gasteiger partial charge in [-0.05, 0) is 68.4 Å². The maximum absolute atomic E-state index is 13.0. The predicted molar refractivity (Wildman–Crippen MR) is 144 cm³/mol. The number of aliphatic imine (C=N–C) groups is 1. The van der Waals surface area contributed by atoms with Crippen LogP contribution in [0.25, 0.3) is 11.8 Å². The molecule has 0 unspecified atom stereocenters. The fourth-order valence-electron chi connectivity index (χ4n) is 4.32. The number of rotatable bonds is 5. The summed E-state index contributed by atoms with van der Waals surface area (Å²) in [4.78, 5) is 17.2. The van der Waals surface area contributed by atoms with E-state index in [0.29, 0.717) is 21.7 Å². The zero-order valence-electron chi connectivity index (χ0n) is 20.6. The molecule has 3 aromatic rings. The molecule has 0 aliphatic carbocycles. The van der Waals surface area contributed by atoms with Crippen LogP contribution in [-0.2, 0) is 4.79 Å². The van der Waals surface area contributed by atoms with Gasteiger partial charge >= 0.3 is 0 Å². The highest BCUT2D eigenvalue weighted by atomic mass is 32.2. The van der Waals surface area contributed by atoms with Crippen LogP contribution in [0.3, 0.4) is 0 Å². The molecule has 1 amide bonds. The number of nitrogens with one attached hydrogen (secondary N) is 1. The summed E-state index contributed by atoms with van der Waals surface area (Å²) in [5.41, 5.74) is 5.75. The Hall–Kier alpha value is -4.11. The summed E-state index contributed by atoms with van der Waals surface area (Å²) >= 11 is 1.30. The lowest BCUT2D eigenvalue weighted by Crippen LogP contribution is -2.35. The summed E-state index contributed by atoms with van der Waals surface area (Å²) in [5, 5.41) is 15.9. The first-order chi connectivity index (χ1) is 17.3. The highest BCUT2D eigenvalue weighted by Gasteiger charge is 2.36. The molecular weight excluding hydrogens is 474 g/mol. The first-order valence-electron chi connectivity index (χ1n) is 11.3. The summed E-state index contributed by atoms with van der Waals surface area (Å²) in [7, 11) is 3.23. The third-order valence-electron chi connectivity index (χ3n) is 6.12. The fraction of sp³-hybridized carbons (Fsp3) is 0.185. The van der Waals surface area contributed by atoms with Gasteiger partial charge in [0.25, 0.3) is 5.91 Å². The van der Waals surface area contributed by atoms with Gasteiger partial charge in [-0.15, -0.1) is 0 Å². The number of ether oxygens (including phenoxy) is 2. The van der Waals surface area contributed by atoms with Crippen LogP contribution in [0.4, 0.5) is 0 Å². The van der Waals surface area contributed by atoms with Crippen molar-refractivity contribution in [2.45, 2.75) is 20.8 Å². The van der Waals surface area contributed by atoms with E-state index < -0.39 is 5.91 Å². The molecule has 0 saturated carbocycles. The molecule has 5 rings (SSSR count). The van der Waals surface area contributed by atoms with Gasteiger partial charge in [0.15, 0.2) is 5.84 Å². The topological polar surface area (TPSA) is 92.3 Å². The molecule has 9 heteroatoms. The number of carbonyl (C=O) groups is 1. The van der Waals surface area contributed by atoms with Gasteiger partial charge in [-0.3, -0.25) is 10.2 Å². The van der Waals surface area contributed by atoms with Gasteiger partial charge in [0.2, 0.25) is 5.17 Å². The average Bonchev–Trinajstić information content (AvgIpc) is 3.41. The molecule has 2 aromatic carbocycles. The number of amides is 1. The zero-order valence-corrected chi connectivity index (χ0v) is 21.4. The number of aromatic nitrogens is 1. The van der Waals surface area contributed by atoms with Crippen LogP contribution < -0.4 is 9.47 Å². The minimum atomic E-state index is -0.453. The van der Waals surface area contributed by atoms with Crippen molar-refractivity contribution in [2.24, 2.45) is 10.1 Å². The van der Waals surface area contributed by atoms with Gasteiger partial charge in [0.1, 0.15) is 16.5 Å². The van der Waals surface area contributed by atoms with Crippen molar-refractivity contribution in [2.75, 3.05) is 14.2 Å². The number of thioether (sulfide) groups is 1. The molecule has 0 bridgehead atoms. The molecule has 3 heterocycles. The minimum Gasteiger partial charge on any atom is -0.497 e. The van der Waals surface area contributed by atoms with Gasteiger partial charge in [0.05, 0.1) is 25.5 Å². The van der Waals surface area contributed by atoms with E-state index in [1.807, 2.05) is 69.3 Å². The average molecular weight is 500 g/mol. The number of methoxy groups -OCH3 is 2. The first-order valence-corrected chi connectivity index (χ1v) is 12.1. The second-order valence-electron chi connectivity index (χ2n) is 8.49. The Bertz CT molecular complexity index is 1520. The Morgan fingerprint density at radius 3 is 2.56 bits per heavy atom. The zero-order chi connectivity index (χ0) is 25.6. The summed E-state index contributed by atoms with van der Waals surface area (Å²) in [6, 6.07) is 15.6. The van der Waals surface area contributed by atoms with Crippen LogP contribution in [0.1, 0.15) is 28.1 Å². The Labute approximate surface area is 213 Å². The second kappa shape index (κ2) is 9.16. The summed E-state index contributed by atoms with van der Waals surface area (Å²) < 4.78 is 13.0. The van der Waals surface area contributed by atoms with Gasteiger partial charge in [0, 0.05) is 23.0 Å². The largest absolute Gasteiger partial charge is 0.497 e. The SMILES string of the molecule is COc1ccc(-n2c(C)cc(/C=C3/C(=N)N4N=C(c5cccc(C)c5)SC4=NC3=O)c2C)c(OC)c1. The van der Waals surface area contributed by atoms with E-state index in [2.05, 4.69) is 14.7 Å². The molecule has 1 N–H and O–H groups in total. The molecule has 0 spiro atoms. The van der Waals surface area contributed by atoms with Crippen LogP contribution in [0.5, 0.6) is 11.5 Å². The maximum Gasteiger partial charge on any atom is 0.283 e. The van der Waals surface area contributed by atoms with Crippen LogP contribution in [0, 0.1) is 26.2 Å². The van der Waals surface area contributed by atoms with Crippen molar-refractivity contribution in [1.29, 1.82) is 5.41 Å². The van der Waals surface area contributed by atoms with E-state index >= 15 is 0 Å². The Morgan fingerprint density at radius 1 is 1.03 bits per heavy atom. The van der Waals surface area contributed by atoms with E-state index in [9.17, 15) is 4.79 Å². The molecule has 1 aromatic heterocycles. The quantitative estimate of drug-likeness (QED) is 0.494. The van der Waals surface area contributed by atoms with E-state index in [0.717, 1.165) is 33.8 Å². The van der Waals surface area contributed by atoms with Crippen molar-refractivity contribution >= 4 is 39.8 Å². The van der Waals surface area contributed by atoms with Crippen molar-refractivity contribution in [3.63, 3.8) is 0 Å². The number of benzene rings is 2. The van der Waals surface area contributed by atoms with Crippen LogP contribution in [0.15, 0.2) is 64.2 Å². The Balaban J connectivity index is 1.52. The lowest BCUT2D eigenvalue weighted by Gasteiger charge is -2.20. The highest BCUT2D eigenvalue weighted by Crippen LogP contribution is 2.34. The third-order valence-corrected chi connectivity index (χ3v) is 7.07. The molecule has 2 aliphatic heterocycles. The molecular formula is C27H25N5O3S. The van der Waals surface area contributed by atoms with Crippen LogP contribution >= 0.6 is 11.8 Å². The molecule has 2 aliphatic rings. The predicted octanol–water partition coefficient (Wildman–Crippen LogP) is 5.09. The fourth-order valence-corrected chi connectivity index (χ4v) is 5.20. The first kappa shape index (κ1) is 23.6. The van der Waals surface area contributed by atoms with Crippen LogP contribution in [-0.4, -0.2) is 45.7 Å². The highest BCUT2D eigenvalue weighted by molar-refractivity contribution is 8.27. The van der Waals surface area contributed by atoms with Gasteiger partial charge < -0.3 is 14.0 Å². The number of nitrogens with zero attached hydrogens (tertiary/aromatic N) is 4. The maximum atomic E-state index is 13.0. The number of hydrazone groups is 1. The van der Waals surface area contributed by atoms with Crippen LogP contribution in [0.2, 0.25) is 0 Å². The summed E-state index contributed by atoms with van der Waals surface area (Å²) in [5.74, 6) is 0.917. The Kier molecular flexibility index (Phi) is 6.01. The normalized spacial score (nSPS) is 16.2. The third kappa shape index (κ3) is 4.01. The summed E-state index contributed by atoms with van der Waals surface area (Å²) in [6.45, 7) is 5.96. The number of carbonyl (C=O) groups excluding carboxylic acids is 1. The number of amidine groups is 2. The standard InChI is InChI=1S/C27H25N5O3S/c1-15-7-6-8-18(11-15)26-30-32-24(28)21(25(33)29-27(32)36-26)13-19-12-16(2)31(17(19)3)22-10-9-20(34-4)14-23(22)35-5/h6-14,28H,1-5H3/b21-13-,28-24?.